The van der Waals surface area contributed by atoms with Crippen LogP contribution in [0, 0.1) is 5.82 Å². The molecule has 0 amide bonds. The molecule has 0 aliphatic rings. The highest BCUT2D eigenvalue weighted by atomic mass is 35.7. The molecule has 96 valence electrons. The van der Waals surface area contributed by atoms with Crippen molar-refractivity contribution < 1.29 is 35.8 Å². The molecule has 0 saturated carbocycles. The molecule has 1 aromatic rings. The van der Waals surface area contributed by atoms with Gasteiger partial charge in [0.15, 0.2) is 5.75 Å². The van der Waals surface area contributed by atoms with E-state index in [1.807, 2.05) is 0 Å². The third kappa shape index (κ3) is 3.33. The van der Waals surface area contributed by atoms with Crippen molar-refractivity contribution in [2.45, 2.75) is 11.4 Å². The van der Waals surface area contributed by atoms with Gasteiger partial charge >= 0.3 is 6.36 Å². The predicted molar refractivity (Wildman–Crippen MR) is 45.6 cm³/mol. The van der Waals surface area contributed by atoms with Crippen molar-refractivity contribution in [3.8, 4) is 11.5 Å². The van der Waals surface area contributed by atoms with Crippen LogP contribution in [0.4, 0.5) is 17.6 Å². The molecule has 1 aromatic heterocycles. The van der Waals surface area contributed by atoms with E-state index in [-0.39, 0.29) is 6.20 Å². The van der Waals surface area contributed by atoms with Crippen molar-refractivity contribution in [2.75, 3.05) is 0 Å². The zero-order valence-corrected chi connectivity index (χ0v) is 9.07. The van der Waals surface area contributed by atoms with Gasteiger partial charge in [0.2, 0.25) is 16.6 Å². The Morgan fingerprint density at radius 2 is 1.94 bits per heavy atom. The molecule has 0 unspecified atom stereocenters. The first-order valence-corrected chi connectivity index (χ1v) is 5.91. The van der Waals surface area contributed by atoms with Crippen LogP contribution in [-0.4, -0.2) is 24.9 Å². The van der Waals surface area contributed by atoms with E-state index in [2.05, 4.69) is 9.72 Å². The molecule has 0 radical (unpaired) electrons. The number of pyridine rings is 1. The van der Waals surface area contributed by atoms with Gasteiger partial charge in [0, 0.05) is 10.7 Å². The maximum atomic E-state index is 13.1. The Morgan fingerprint density at radius 1 is 1.41 bits per heavy atom. The summed E-state index contributed by atoms with van der Waals surface area (Å²) in [5.41, 5.74) is 0. The topological polar surface area (TPSA) is 76.5 Å². The van der Waals surface area contributed by atoms with Gasteiger partial charge in [-0.15, -0.1) is 13.2 Å². The van der Waals surface area contributed by atoms with Crippen molar-refractivity contribution in [1.82, 2.24) is 4.98 Å². The Kier molecular flexibility index (Phi) is 3.39. The highest BCUT2D eigenvalue weighted by Gasteiger charge is 2.37. The smallest absolute Gasteiger partial charge is 0.504 e. The number of ether oxygens (including phenoxy) is 1. The summed E-state index contributed by atoms with van der Waals surface area (Å²) in [6.45, 7) is 0. The average Bonchev–Trinajstić information content (AvgIpc) is 2.08. The molecule has 1 rings (SSSR count). The average molecular weight is 296 g/mol. The van der Waals surface area contributed by atoms with Crippen LogP contribution < -0.4 is 4.74 Å². The monoisotopic (exact) mass is 295 g/mol. The van der Waals surface area contributed by atoms with Crippen molar-refractivity contribution in [3.63, 3.8) is 0 Å². The highest BCUT2D eigenvalue weighted by molar-refractivity contribution is 8.13. The lowest BCUT2D eigenvalue weighted by Gasteiger charge is -2.11. The number of aromatic nitrogens is 1. The first-order chi connectivity index (χ1) is 7.52. The molecular formula is C6H2ClF4NO4S. The van der Waals surface area contributed by atoms with Gasteiger partial charge in [-0.3, -0.25) is 0 Å². The van der Waals surface area contributed by atoms with E-state index in [1.165, 1.54) is 0 Å². The zero-order chi connectivity index (χ0) is 13.4. The predicted octanol–water partition coefficient (Wildman–Crippen LogP) is 1.75. The van der Waals surface area contributed by atoms with Crippen LogP contribution in [0.1, 0.15) is 0 Å². The summed E-state index contributed by atoms with van der Waals surface area (Å²) in [6.07, 6.45) is -5.08. The van der Waals surface area contributed by atoms with Gasteiger partial charge in [0.25, 0.3) is 9.05 Å². The maximum Gasteiger partial charge on any atom is 0.573 e. The molecule has 0 atom stereocenters. The molecule has 0 aliphatic carbocycles. The van der Waals surface area contributed by atoms with Crippen LogP contribution >= 0.6 is 10.7 Å². The molecule has 5 nitrogen and oxygen atoms in total. The lowest BCUT2D eigenvalue weighted by Crippen LogP contribution is -2.20. The Hall–Kier alpha value is -1.29. The van der Waals surface area contributed by atoms with E-state index in [4.69, 9.17) is 15.8 Å². The van der Waals surface area contributed by atoms with Crippen molar-refractivity contribution in [2.24, 2.45) is 0 Å². The van der Waals surface area contributed by atoms with Crippen molar-refractivity contribution >= 4 is 19.7 Å². The third-order valence-electron chi connectivity index (χ3n) is 1.37. The summed E-state index contributed by atoms with van der Waals surface area (Å²) in [6, 6.07) is 0. The minimum atomic E-state index is -5.37. The molecule has 1 heterocycles. The number of rotatable bonds is 2. The second kappa shape index (κ2) is 4.18. The normalized spacial score (nSPS) is 12.5. The standard InChI is InChI=1S/C6H2ClF4NO4S/c7-17(14,15)5-4(16-6(9,10)11)3(8)2(13)1-12-5/h1,13H. The Bertz CT molecular complexity index is 544. The summed E-state index contributed by atoms with van der Waals surface area (Å²) in [4.78, 5) is 2.86. The third-order valence-corrected chi connectivity index (χ3v) is 2.56. The van der Waals surface area contributed by atoms with Gasteiger partial charge < -0.3 is 9.84 Å². The quantitative estimate of drug-likeness (QED) is 0.664. The van der Waals surface area contributed by atoms with E-state index in [0.717, 1.165) is 0 Å². The summed E-state index contributed by atoms with van der Waals surface area (Å²) in [5.74, 6) is -5.06. The molecule has 11 heteroatoms. The molecular weight excluding hydrogens is 294 g/mol. The van der Waals surface area contributed by atoms with E-state index in [0.29, 0.717) is 0 Å². The van der Waals surface area contributed by atoms with Gasteiger partial charge in [-0.1, -0.05) is 0 Å². The fourth-order valence-electron chi connectivity index (χ4n) is 0.823. The lowest BCUT2D eigenvalue weighted by atomic mass is 10.4. The number of aromatic hydroxyl groups is 1. The van der Waals surface area contributed by atoms with Gasteiger partial charge in [0.05, 0.1) is 6.20 Å². The molecule has 0 aromatic carbocycles. The Morgan fingerprint density at radius 3 is 2.35 bits per heavy atom. The second-order valence-electron chi connectivity index (χ2n) is 2.58. The van der Waals surface area contributed by atoms with E-state index in [9.17, 15) is 26.0 Å². The van der Waals surface area contributed by atoms with Crippen LogP contribution in [0.2, 0.25) is 0 Å². The molecule has 17 heavy (non-hydrogen) atoms. The molecule has 0 fully saturated rings. The second-order valence-corrected chi connectivity index (χ2v) is 5.06. The van der Waals surface area contributed by atoms with Crippen LogP contribution in [-0.2, 0) is 9.05 Å². The van der Waals surface area contributed by atoms with Gasteiger partial charge in [-0.25, -0.2) is 13.4 Å². The van der Waals surface area contributed by atoms with E-state index in [1.54, 1.807) is 0 Å². The van der Waals surface area contributed by atoms with Crippen molar-refractivity contribution in [1.29, 1.82) is 0 Å². The highest BCUT2D eigenvalue weighted by Crippen LogP contribution is 2.35. The minimum absolute atomic E-state index is 0.286. The zero-order valence-electron chi connectivity index (χ0n) is 7.49. The largest absolute Gasteiger partial charge is 0.573 e. The van der Waals surface area contributed by atoms with Crippen LogP contribution in [0.15, 0.2) is 11.2 Å². The first kappa shape index (κ1) is 13.8. The maximum absolute atomic E-state index is 13.1. The summed E-state index contributed by atoms with van der Waals surface area (Å²) in [7, 11) is -0.0292. The molecule has 0 bridgehead atoms. The number of nitrogens with zero attached hydrogens (tertiary/aromatic N) is 1. The molecule has 0 spiro atoms. The number of hydrogen-bond donors (Lipinski definition) is 1. The van der Waals surface area contributed by atoms with Crippen LogP contribution in [0.3, 0.4) is 0 Å². The summed E-state index contributed by atoms with van der Waals surface area (Å²) >= 11 is 0. The van der Waals surface area contributed by atoms with Gasteiger partial charge in [0.1, 0.15) is 0 Å². The lowest BCUT2D eigenvalue weighted by molar-refractivity contribution is -0.276. The SMILES string of the molecule is O=S(=O)(Cl)c1ncc(O)c(F)c1OC(F)(F)F. The summed E-state index contributed by atoms with van der Waals surface area (Å²) in [5, 5.41) is 7.28. The summed E-state index contributed by atoms with van der Waals surface area (Å²) < 4.78 is 73.5. The Labute approximate surface area is 96.0 Å². The molecule has 0 aliphatic heterocycles. The van der Waals surface area contributed by atoms with Gasteiger partial charge in [-0.05, 0) is 0 Å². The number of halogens is 5. The molecule has 0 saturated heterocycles. The van der Waals surface area contributed by atoms with Crippen molar-refractivity contribution in [3.05, 3.63) is 12.0 Å². The van der Waals surface area contributed by atoms with E-state index >= 15 is 0 Å². The van der Waals surface area contributed by atoms with Crippen LogP contribution in [0.5, 0.6) is 11.5 Å². The number of alkyl halides is 3. The fourth-order valence-corrected chi connectivity index (χ4v) is 1.68. The van der Waals surface area contributed by atoms with Gasteiger partial charge in [-0.2, -0.15) is 4.39 Å². The van der Waals surface area contributed by atoms with Crippen LogP contribution in [0.25, 0.3) is 0 Å². The molecule has 1 N–H and O–H groups in total. The minimum Gasteiger partial charge on any atom is -0.504 e. The first-order valence-electron chi connectivity index (χ1n) is 3.60. The number of hydrogen-bond acceptors (Lipinski definition) is 5. The van der Waals surface area contributed by atoms with E-state index < -0.39 is 37.8 Å². The fraction of sp³-hybridized carbons (Fsp3) is 0.167. The Balaban J connectivity index is 3.48.